The Labute approximate surface area is 639 Å². The molecule has 0 unspecified atom stereocenters. The lowest BCUT2D eigenvalue weighted by Crippen LogP contribution is -2.54. The van der Waals surface area contributed by atoms with Gasteiger partial charge in [0.25, 0.3) is 23.6 Å². The summed E-state index contributed by atoms with van der Waals surface area (Å²) in [5.74, 6) is 4.29. The van der Waals surface area contributed by atoms with Gasteiger partial charge < -0.3 is 90.5 Å². The van der Waals surface area contributed by atoms with Crippen LogP contribution in [0.2, 0.25) is 0 Å². The first-order chi connectivity index (χ1) is 53.1. The maximum atomic E-state index is 13.7. The van der Waals surface area contributed by atoms with Crippen LogP contribution in [-0.2, 0) is 72.3 Å². The van der Waals surface area contributed by atoms with Crippen LogP contribution in [0.1, 0.15) is 121 Å². The van der Waals surface area contributed by atoms with Crippen LogP contribution in [0.25, 0.3) is 0 Å². The van der Waals surface area contributed by atoms with E-state index in [2.05, 4.69) is 72.2 Å². The van der Waals surface area contributed by atoms with Gasteiger partial charge in [-0.2, -0.15) is 0 Å². The fourth-order valence-electron chi connectivity index (χ4n) is 11.7. The van der Waals surface area contributed by atoms with E-state index in [1.54, 1.807) is 79.7 Å². The molecule has 4 heterocycles. The number of nitrogens with two attached hydrogens (primary N) is 1. The Hall–Kier alpha value is -11.5. The van der Waals surface area contributed by atoms with Crippen molar-refractivity contribution in [1.29, 1.82) is 0 Å². The SMILES string of the molecule is C=C1CCC=Nc2cc(OCc3cc(C#CCNC(=O)CCOCCOCCOCCOCCNC(=O)OCc4ccc(NC(=O)[C@H](CCCNC(N)=O)NC(=O)[C@@H](NC(=O)CCCCCN5C(=O)C=CC5=O)C(C)C)cc4)cc(COc4cc5c(cc4OC)C(=O)N4CC(=C)C[C@H]4C=N5)c3)c(OC)cc2C(=O)NC1. The molecule has 0 saturated carbocycles. The lowest BCUT2D eigenvalue weighted by Gasteiger charge is -2.25. The zero-order valence-corrected chi connectivity index (χ0v) is 62.6. The molecule has 0 bridgehead atoms. The highest BCUT2D eigenvalue weighted by Crippen LogP contribution is 2.40. The van der Waals surface area contributed by atoms with E-state index in [0.29, 0.717) is 127 Å². The number of carbonyl (C=O) groups excluding carboxylic acids is 10. The number of unbranched alkanes of at least 4 members (excludes halogenated alkanes) is 2. The van der Waals surface area contributed by atoms with Crippen LogP contribution >= 0.6 is 0 Å². The fourth-order valence-corrected chi connectivity index (χ4v) is 11.7. The minimum Gasteiger partial charge on any atom is -0.493 e. The van der Waals surface area contributed by atoms with Crippen molar-refractivity contribution in [3.05, 3.63) is 137 Å². The van der Waals surface area contributed by atoms with Gasteiger partial charge in [0.05, 0.1) is 102 Å². The molecule has 31 heteroatoms. The first kappa shape index (κ1) is 84.2. The molecule has 31 nitrogen and oxygen atoms in total. The molecule has 4 aromatic carbocycles. The molecular formula is C79H98N12O19. The normalized spacial score (nSPS) is 14.9. The molecule has 11 amide bonds. The smallest absolute Gasteiger partial charge is 0.407 e. The number of benzene rings is 4. The second kappa shape index (κ2) is 44.1. The Morgan fingerprint density at radius 3 is 1.95 bits per heavy atom. The molecule has 0 aliphatic carbocycles. The van der Waals surface area contributed by atoms with Crippen LogP contribution in [0, 0.1) is 17.8 Å². The summed E-state index contributed by atoms with van der Waals surface area (Å²) in [4.78, 5) is 139. The molecular weight excluding hydrogens is 1420 g/mol. The average Bonchev–Trinajstić information content (AvgIpc) is 1.59. The Morgan fingerprint density at radius 1 is 0.655 bits per heavy atom. The summed E-state index contributed by atoms with van der Waals surface area (Å²) < 4.78 is 51.8. The third-order valence-electron chi connectivity index (χ3n) is 17.5. The molecule has 588 valence electrons. The van der Waals surface area contributed by atoms with Gasteiger partial charge in [-0.15, -0.1) is 0 Å². The predicted octanol–water partition coefficient (Wildman–Crippen LogP) is 6.48. The zero-order valence-electron chi connectivity index (χ0n) is 62.6. The van der Waals surface area contributed by atoms with Gasteiger partial charge in [0.2, 0.25) is 23.6 Å². The summed E-state index contributed by atoms with van der Waals surface area (Å²) in [6.07, 6.45) is 9.41. The number of amides is 11. The number of methoxy groups -OCH3 is 2. The van der Waals surface area contributed by atoms with Crippen molar-refractivity contribution < 1.29 is 90.6 Å². The van der Waals surface area contributed by atoms with E-state index >= 15 is 0 Å². The lowest BCUT2D eigenvalue weighted by molar-refractivity contribution is -0.137. The maximum Gasteiger partial charge on any atom is 0.407 e. The second-order valence-corrected chi connectivity index (χ2v) is 26.4. The number of anilines is 1. The van der Waals surface area contributed by atoms with E-state index in [1.165, 1.54) is 26.4 Å². The number of carbonyl (C=O) groups is 10. The van der Waals surface area contributed by atoms with Gasteiger partial charge in [-0.1, -0.05) is 68.5 Å². The molecule has 0 radical (unpaired) electrons. The number of hydrogen-bond acceptors (Lipinski definition) is 21. The Kier molecular flexibility index (Phi) is 33.8. The number of hydrogen-bond donors (Lipinski definition) is 8. The Balaban J connectivity index is 0.688. The monoisotopic (exact) mass is 1520 g/mol. The number of nitrogens with zero attached hydrogens (tertiary/aromatic N) is 4. The first-order valence-corrected chi connectivity index (χ1v) is 36.5. The van der Waals surface area contributed by atoms with E-state index in [0.717, 1.165) is 27.2 Å². The molecule has 4 aliphatic heterocycles. The minimum atomic E-state index is -1.06. The van der Waals surface area contributed by atoms with Gasteiger partial charge in [-0.3, -0.25) is 53.2 Å². The third kappa shape index (κ3) is 27.3. The number of urea groups is 1. The Morgan fingerprint density at radius 2 is 1.30 bits per heavy atom. The number of nitrogens with one attached hydrogen (secondary N) is 7. The average molecular weight is 1520 g/mol. The summed E-state index contributed by atoms with van der Waals surface area (Å²) in [5.41, 5.74) is 11.7. The quantitative estimate of drug-likeness (QED) is 0.0102. The van der Waals surface area contributed by atoms with Crippen LogP contribution in [0.4, 0.5) is 26.7 Å². The van der Waals surface area contributed by atoms with Gasteiger partial charge in [0, 0.05) is 93.5 Å². The number of imide groups is 1. The number of ether oxygens (including phenoxy) is 9. The van der Waals surface area contributed by atoms with Crippen LogP contribution in [0.5, 0.6) is 23.0 Å². The number of rotatable bonds is 42. The maximum absolute atomic E-state index is 13.7. The minimum absolute atomic E-state index is 0.0528. The number of alkyl carbamates (subject to hydrolysis) is 1. The second-order valence-electron chi connectivity index (χ2n) is 26.4. The summed E-state index contributed by atoms with van der Waals surface area (Å²) in [7, 11) is 2.99. The first-order valence-electron chi connectivity index (χ1n) is 36.5. The van der Waals surface area contributed by atoms with Crippen LogP contribution in [-0.4, -0.2) is 206 Å². The van der Waals surface area contributed by atoms with E-state index in [-0.39, 0.29) is 159 Å². The standard InChI is InChI=1S/C79H98N12O19/c1-51(2)73(89-70(93)16-8-7-9-28-90-71(94)21-22-72(90)95)76(98)88-62(15-12-26-83-78(80)100)75(97)87-58-19-17-54(18-20-58)48-110-79(101)84-27-30-105-32-34-107-36-35-106-33-31-104-29-23-69(92)82-25-11-14-55-38-56(49-108-67-43-63-60(41-65(67)102-5)74(96)86-45-52(3)13-10-24-81-63)40-57(39-55)50-109-68-44-64-61(42-66(68)103-6)77(99)91-47-53(4)37-59(91)46-85-64/h17-22,24,38-44,46,51,59,62,73H,3-4,7-10,12-13,15-16,23,25-37,45,47-50H2,1-2,5-6H3,(H,82,92)(H,84,101)(H,86,96)(H,87,97)(H,88,98)(H,89,93)(H3,80,83,100)/t59-,62-,73-/m0/s1. The summed E-state index contributed by atoms with van der Waals surface area (Å²) in [6.45, 7) is 15.1. The number of aliphatic imine (C=N–C) groups is 2. The van der Waals surface area contributed by atoms with Crippen molar-refractivity contribution in [3.8, 4) is 34.8 Å². The molecule has 0 spiro atoms. The molecule has 4 aromatic rings. The summed E-state index contributed by atoms with van der Waals surface area (Å²) >= 11 is 0. The highest BCUT2D eigenvalue weighted by atomic mass is 16.6. The summed E-state index contributed by atoms with van der Waals surface area (Å²) in [5, 5.41) is 19.1. The molecule has 3 atom stereocenters. The molecule has 1 saturated heterocycles. The van der Waals surface area contributed by atoms with Crippen molar-refractivity contribution in [2.75, 3.05) is 112 Å². The van der Waals surface area contributed by atoms with Crippen LogP contribution in [0.15, 0.2) is 113 Å². The third-order valence-corrected chi connectivity index (χ3v) is 17.5. The van der Waals surface area contributed by atoms with E-state index < -0.39 is 36.0 Å². The molecule has 4 aliphatic rings. The van der Waals surface area contributed by atoms with Crippen molar-refractivity contribution in [2.24, 2.45) is 21.6 Å². The van der Waals surface area contributed by atoms with Crippen molar-refractivity contribution in [1.82, 2.24) is 41.7 Å². The topological polar surface area (TPSA) is 395 Å². The Bertz CT molecular complexity index is 4060. The molecule has 110 heavy (non-hydrogen) atoms. The van der Waals surface area contributed by atoms with Gasteiger partial charge >= 0.3 is 12.1 Å². The van der Waals surface area contributed by atoms with Crippen molar-refractivity contribution >= 4 is 88.9 Å². The van der Waals surface area contributed by atoms with E-state index in [1.807, 2.05) is 18.2 Å². The fraction of sp³-hybridized carbons (Fsp3) is 0.443. The highest BCUT2D eigenvalue weighted by Gasteiger charge is 2.35. The molecule has 8 rings (SSSR count). The van der Waals surface area contributed by atoms with Crippen molar-refractivity contribution in [2.45, 2.75) is 116 Å². The van der Waals surface area contributed by atoms with Gasteiger partial charge in [-0.05, 0) is 110 Å². The van der Waals surface area contributed by atoms with Gasteiger partial charge in [0.15, 0.2) is 23.0 Å². The van der Waals surface area contributed by atoms with E-state index in [9.17, 15) is 47.9 Å². The van der Waals surface area contributed by atoms with E-state index in [4.69, 9.17) is 48.4 Å². The number of fused-ring (bicyclic) bond motifs is 3. The van der Waals surface area contributed by atoms with Gasteiger partial charge in [0.1, 0.15) is 31.9 Å². The lowest BCUT2D eigenvalue weighted by atomic mass is 10.0. The number of primary amides is 1. The largest absolute Gasteiger partial charge is 0.493 e. The van der Waals surface area contributed by atoms with Crippen molar-refractivity contribution in [3.63, 3.8) is 0 Å². The zero-order chi connectivity index (χ0) is 78.7. The molecule has 1 fully saturated rings. The van der Waals surface area contributed by atoms with Gasteiger partial charge in [-0.25, -0.2) is 9.59 Å². The summed E-state index contributed by atoms with van der Waals surface area (Å²) in [6, 6.07) is 15.8. The van der Waals surface area contributed by atoms with Crippen LogP contribution < -0.4 is 61.9 Å². The predicted molar refractivity (Wildman–Crippen MR) is 408 cm³/mol. The highest BCUT2D eigenvalue weighted by molar-refractivity contribution is 6.13. The molecule has 9 N–H and O–H groups in total. The van der Waals surface area contributed by atoms with Crippen LogP contribution in [0.3, 0.4) is 0 Å². The molecule has 0 aromatic heterocycles.